The van der Waals surface area contributed by atoms with Gasteiger partial charge in [0, 0.05) is 17.9 Å². The van der Waals surface area contributed by atoms with Crippen molar-refractivity contribution in [1.82, 2.24) is 15.5 Å². The van der Waals surface area contributed by atoms with Gasteiger partial charge in [0.15, 0.2) is 0 Å². The number of rotatable bonds is 4. The Morgan fingerprint density at radius 2 is 1.35 bits per heavy atom. The van der Waals surface area contributed by atoms with E-state index in [4.69, 9.17) is 14.2 Å². The monoisotopic (exact) mass is 656 g/mol. The number of aliphatic carboxylic acids is 1. The van der Waals surface area contributed by atoms with Crippen molar-refractivity contribution >= 4 is 35.9 Å². The number of nitrogens with zero attached hydrogens (tertiary/aromatic N) is 2. The van der Waals surface area contributed by atoms with Gasteiger partial charge in [0.25, 0.3) is 0 Å². The number of carbonyl (C=O) groups is 4. The second-order valence-electron chi connectivity index (χ2n) is 13.6. The molecule has 1 heterocycles. The van der Waals surface area contributed by atoms with Crippen LogP contribution in [-0.2, 0) is 32.0 Å². The minimum Gasteiger partial charge on any atom is -0.480 e. The Kier molecular flexibility index (Phi) is 9.47. The highest BCUT2D eigenvalue weighted by atomic mass is 16.6. The van der Waals surface area contributed by atoms with E-state index in [2.05, 4.69) is 15.6 Å². The van der Waals surface area contributed by atoms with Crippen molar-refractivity contribution in [2.75, 3.05) is 6.61 Å². The van der Waals surface area contributed by atoms with E-state index in [1.807, 2.05) is 48.5 Å². The molecule has 3 aromatic rings. The standard InChI is InChI=1S/C36H40N4O8/c1-35(2,3)47-32(43)38-31(39-33(44)48-36(4,5)6)37-28-17-11-12-21-18-29(30(41)42)40(19-26(21)28)34(45)46-20-27-24-15-9-7-13-22(24)23-14-8-10-16-25(23)27/h7-17,27,29H,18-20H2,1-6H3,(H,41,42)(H2,37,38,39,43,44). The number of carbonyl (C=O) groups excluding carboxylic acids is 3. The highest BCUT2D eigenvalue weighted by molar-refractivity contribution is 6.02. The molecule has 12 heteroatoms. The second kappa shape index (κ2) is 13.4. The molecule has 0 bridgehead atoms. The Hall–Kier alpha value is -5.39. The van der Waals surface area contributed by atoms with Gasteiger partial charge in [-0.2, -0.15) is 0 Å². The Balaban J connectivity index is 1.41. The molecule has 0 saturated carbocycles. The van der Waals surface area contributed by atoms with Crippen LogP contribution in [0.2, 0.25) is 0 Å². The first kappa shape index (κ1) is 34.0. The zero-order valence-electron chi connectivity index (χ0n) is 27.8. The zero-order valence-corrected chi connectivity index (χ0v) is 27.8. The quantitative estimate of drug-likeness (QED) is 0.164. The smallest absolute Gasteiger partial charge is 0.414 e. The van der Waals surface area contributed by atoms with Gasteiger partial charge in [0.2, 0.25) is 5.96 Å². The van der Waals surface area contributed by atoms with E-state index in [0.717, 1.165) is 22.3 Å². The van der Waals surface area contributed by atoms with Crippen LogP contribution in [0.3, 0.4) is 0 Å². The molecule has 1 unspecified atom stereocenters. The highest BCUT2D eigenvalue weighted by Crippen LogP contribution is 2.44. The van der Waals surface area contributed by atoms with Gasteiger partial charge in [0.1, 0.15) is 23.9 Å². The maximum Gasteiger partial charge on any atom is 0.414 e. The van der Waals surface area contributed by atoms with Gasteiger partial charge in [-0.05, 0) is 75.4 Å². The van der Waals surface area contributed by atoms with E-state index in [0.29, 0.717) is 11.1 Å². The minimum absolute atomic E-state index is 0.00740. The molecular weight excluding hydrogens is 616 g/mol. The molecule has 12 nitrogen and oxygen atoms in total. The third-order valence-corrected chi connectivity index (χ3v) is 7.69. The summed E-state index contributed by atoms with van der Waals surface area (Å²) in [7, 11) is 0. The van der Waals surface area contributed by atoms with Crippen molar-refractivity contribution in [2.45, 2.75) is 77.7 Å². The van der Waals surface area contributed by atoms with Gasteiger partial charge in [0.05, 0.1) is 12.2 Å². The van der Waals surface area contributed by atoms with E-state index in [-0.39, 0.29) is 37.1 Å². The molecule has 1 aliphatic heterocycles. The molecule has 2 aliphatic rings. The average molecular weight is 657 g/mol. The number of fused-ring (bicyclic) bond motifs is 4. The number of carboxylic acid groups (broad SMARTS) is 1. The van der Waals surface area contributed by atoms with Crippen molar-refractivity contribution in [2.24, 2.45) is 4.99 Å². The van der Waals surface area contributed by atoms with Crippen LogP contribution in [0, 0.1) is 0 Å². The van der Waals surface area contributed by atoms with Crippen LogP contribution in [0.4, 0.5) is 20.1 Å². The summed E-state index contributed by atoms with van der Waals surface area (Å²) < 4.78 is 16.5. The summed E-state index contributed by atoms with van der Waals surface area (Å²) in [5, 5.41) is 15.0. The Labute approximate surface area is 279 Å². The lowest BCUT2D eigenvalue weighted by molar-refractivity contribution is -0.143. The summed E-state index contributed by atoms with van der Waals surface area (Å²) in [4.78, 5) is 57.1. The van der Waals surface area contributed by atoms with Crippen LogP contribution in [0.1, 0.15) is 69.7 Å². The van der Waals surface area contributed by atoms with Crippen molar-refractivity contribution in [3.8, 4) is 11.1 Å². The summed E-state index contributed by atoms with van der Waals surface area (Å²) in [6.07, 6.45) is -2.53. The maximum atomic E-state index is 13.7. The van der Waals surface area contributed by atoms with Crippen LogP contribution in [0.5, 0.6) is 0 Å². The van der Waals surface area contributed by atoms with E-state index in [1.54, 1.807) is 59.7 Å². The van der Waals surface area contributed by atoms with Crippen LogP contribution in [0.15, 0.2) is 71.7 Å². The number of ether oxygens (including phenoxy) is 3. The van der Waals surface area contributed by atoms with E-state index in [9.17, 15) is 24.3 Å². The Bertz CT molecular complexity index is 1690. The summed E-state index contributed by atoms with van der Waals surface area (Å²) in [6.45, 7) is 10.0. The number of benzene rings is 3. The number of hydrogen-bond donors (Lipinski definition) is 3. The topological polar surface area (TPSA) is 156 Å². The fraction of sp³-hybridized carbons (Fsp3) is 0.361. The first-order chi connectivity index (χ1) is 22.6. The molecule has 48 heavy (non-hydrogen) atoms. The lowest BCUT2D eigenvalue weighted by atomic mass is 9.93. The predicted molar refractivity (Wildman–Crippen MR) is 178 cm³/mol. The largest absolute Gasteiger partial charge is 0.480 e. The number of carboxylic acids is 1. The minimum atomic E-state index is -1.19. The van der Waals surface area contributed by atoms with E-state index < -0.39 is 41.5 Å². The summed E-state index contributed by atoms with van der Waals surface area (Å²) in [6, 6.07) is 19.7. The van der Waals surface area contributed by atoms with E-state index in [1.165, 1.54) is 4.90 Å². The van der Waals surface area contributed by atoms with Crippen LogP contribution < -0.4 is 10.6 Å². The third kappa shape index (κ3) is 7.93. The Morgan fingerprint density at radius 1 is 0.812 bits per heavy atom. The fourth-order valence-corrected chi connectivity index (χ4v) is 5.80. The van der Waals surface area contributed by atoms with Crippen molar-refractivity contribution in [3.63, 3.8) is 0 Å². The molecule has 252 valence electrons. The number of aliphatic imine (C=N–C) groups is 1. The van der Waals surface area contributed by atoms with Crippen molar-refractivity contribution in [3.05, 3.63) is 89.0 Å². The number of hydrogen-bond acceptors (Lipinski definition) is 8. The first-order valence-electron chi connectivity index (χ1n) is 15.6. The van der Waals surface area contributed by atoms with Gasteiger partial charge in [-0.1, -0.05) is 60.7 Å². The molecule has 0 spiro atoms. The first-order valence-corrected chi connectivity index (χ1v) is 15.6. The lowest BCUT2D eigenvalue weighted by Gasteiger charge is -2.34. The average Bonchev–Trinajstić information content (AvgIpc) is 3.31. The predicted octanol–water partition coefficient (Wildman–Crippen LogP) is 6.48. The number of guanidine groups is 1. The molecule has 3 N–H and O–H groups in total. The molecule has 0 saturated heterocycles. The molecule has 3 amide bonds. The molecular formula is C36H40N4O8. The summed E-state index contributed by atoms with van der Waals surface area (Å²) in [5.74, 6) is -1.66. The molecule has 1 aliphatic carbocycles. The van der Waals surface area contributed by atoms with Crippen LogP contribution in [0.25, 0.3) is 11.1 Å². The van der Waals surface area contributed by atoms with Crippen LogP contribution in [-0.4, -0.2) is 64.1 Å². The molecule has 0 aromatic heterocycles. The highest BCUT2D eigenvalue weighted by Gasteiger charge is 2.38. The lowest BCUT2D eigenvalue weighted by Crippen LogP contribution is -2.49. The van der Waals surface area contributed by atoms with Crippen molar-refractivity contribution in [1.29, 1.82) is 0 Å². The third-order valence-electron chi connectivity index (χ3n) is 7.69. The molecule has 0 radical (unpaired) electrons. The molecule has 0 fully saturated rings. The van der Waals surface area contributed by atoms with Gasteiger partial charge in [-0.3, -0.25) is 15.5 Å². The zero-order chi connectivity index (χ0) is 34.8. The van der Waals surface area contributed by atoms with Gasteiger partial charge >= 0.3 is 24.2 Å². The second-order valence-corrected chi connectivity index (χ2v) is 13.6. The van der Waals surface area contributed by atoms with Gasteiger partial charge in [-0.25, -0.2) is 24.2 Å². The Morgan fingerprint density at radius 3 is 1.88 bits per heavy atom. The number of amides is 3. The normalized spacial score (nSPS) is 15.3. The summed E-state index contributed by atoms with van der Waals surface area (Å²) >= 11 is 0. The molecule has 3 aromatic carbocycles. The fourth-order valence-electron chi connectivity index (χ4n) is 5.80. The van der Waals surface area contributed by atoms with Crippen LogP contribution >= 0.6 is 0 Å². The number of alkyl carbamates (subject to hydrolysis) is 2. The van der Waals surface area contributed by atoms with E-state index >= 15 is 0 Å². The number of nitrogens with one attached hydrogen (secondary N) is 2. The van der Waals surface area contributed by atoms with Gasteiger partial charge < -0.3 is 19.3 Å². The molecule has 5 rings (SSSR count). The van der Waals surface area contributed by atoms with Crippen molar-refractivity contribution < 1.29 is 38.5 Å². The van der Waals surface area contributed by atoms with Gasteiger partial charge in [-0.15, -0.1) is 0 Å². The summed E-state index contributed by atoms with van der Waals surface area (Å²) in [5.41, 5.74) is 4.00. The SMILES string of the molecule is CC(C)(C)OC(=O)NC(=Nc1cccc2c1CN(C(=O)OCC1c3ccccc3-c3ccccc31)C(C(=O)O)C2)NC(=O)OC(C)(C)C. The molecule has 1 atom stereocenters. The maximum absolute atomic E-state index is 13.7.